The Bertz CT molecular complexity index is 1040. The number of amides is 1. The molecule has 0 radical (unpaired) electrons. The van der Waals surface area contributed by atoms with Gasteiger partial charge in [-0.25, -0.2) is 0 Å². The fourth-order valence-corrected chi connectivity index (χ4v) is 4.05. The number of aryl methyl sites for hydroxylation is 1. The predicted octanol–water partition coefficient (Wildman–Crippen LogP) is 4.25. The molecule has 7 heteroatoms. The topological polar surface area (TPSA) is 85.3 Å². The molecule has 1 N–H and O–H groups in total. The van der Waals surface area contributed by atoms with Gasteiger partial charge in [0, 0.05) is 25.8 Å². The third-order valence-corrected chi connectivity index (χ3v) is 5.52. The lowest BCUT2D eigenvalue weighted by Gasteiger charge is -2.25. The number of nitrogens with zero attached hydrogens (tertiary/aromatic N) is 1. The van der Waals surface area contributed by atoms with Gasteiger partial charge in [0.15, 0.2) is 0 Å². The normalized spacial score (nSPS) is 17.5. The van der Waals surface area contributed by atoms with E-state index in [2.05, 4.69) is 0 Å². The molecule has 33 heavy (non-hydrogen) atoms. The number of benzene rings is 2. The minimum Gasteiger partial charge on any atom is -0.507 e. The molecule has 0 spiro atoms. The zero-order valence-corrected chi connectivity index (χ0v) is 19.6. The summed E-state index contributed by atoms with van der Waals surface area (Å²) in [5.41, 5.74) is 2.04. The molecule has 3 rings (SSSR count). The maximum absolute atomic E-state index is 13.1. The fourth-order valence-electron chi connectivity index (χ4n) is 4.05. The Morgan fingerprint density at radius 1 is 1.06 bits per heavy atom. The molecule has 1 aliphatic rings. The Balaban J connectivity index is 2.12. The summed E-state index contributed by atoms with van der Waals surface area (Å²) in [7, 11) is 1.59. The number of likely N-dealkylation sites (tertiary alicyclic amines) is 1. The average molecular weight is 454 g/mol. The van der Waals surface area contributed by atoms with Gasteiger partial charge in [0.25, 0.3) is 11.7 Å². The van der Waals surface area contributed by atoms with E-state index in [1.807, 2.05) is 39.0 Å². The number of Topliss-reactive ketones (excluding diaryl/α,β-unsaturated/α-hetero) is 1. The van der Waals surface area contributed by atoms with Crippen molar-refractivity contribution in [3.05, 3.63) is 64.7 Å². The first-order valence-corrected chi connectivity index (χ1v) is 11.2. The molecule has 1 fully saturated rings. The van der Waals surface area contributed by atoms with Gasteiger partial charge in [0.1, 0.15) is 17.3 Å². The number of aliphatic hydroxyl groups is 1. The zero-order chi connectivity index (χ0) is 24.0. The molecule has 1 amide bonds. The Hall–Kier alpha value is -3.32. The molecular weight excluding hydrogens is 422 g/mol. The van der Waals surface area contributed by atoms with Gasteiger partial charge in [-0.15, -0.1) is 0 Å². The van der Waals surface area contributed by atoms with E-state index in [-0.39, 0.29) is 11.3 Å². The van der Waals surface area contributed by atoms with Crippen molar-refractivity contribution in [2.24, 2.45) is 0 Å². The average Bonchev–Trinajstić information content (AvgIpc) is 3.05. The van der Waals surface area contributed by atoms with Crippen molar-refractivity contribution in [2.45, 2.75) is 33.2 Å². The van der Waals surface area contributed by atoms with E-state index in [0.717, 1.165) is 5.56 Å². The number of ether oxygens (including phenoxy) is 3. The largest absolute Gasteiger partial charge is 0.507 e. The van der Waals surface area contributed by atoms with Gasteiger partial charge < -0.3 is 24.2 Å². The van der Waals surface area contributed by atoms with Gasteiger partial charge in [-0.1, -0.05) is 12.1 Å². The van der Waals surface area contributed by atoms with Crippen molar-refractivity contribution in [3.63, 3.8) is 0 Å². The Kier molecular flexibility index (Phi) is 8.11. The van der Waals surface area contributed by atoms with Crippen LogP contribution in [-0.4, -0.2) is 55.2 Å². The van der Waals surface area contributed by atoms with Crippen LogP contribution in [0.15, 0.2) is 48.0 Å². The summed E-state index contributed by atoms with van der Waals surface area (Å²) in [6.07, 6.45) is 0.563. The minimum atomic E-state index is -0.728. The quantitative estimate of drug-likeness (QED) is 0.251. The summed E-state index contributed by atoms with van der Waals surface area (Å²) < 4.78 is 16.3. The fraction of sp³-hybridized carbons (Fsp3) is 0.385. The lowest BCUT2D eigenvalue weighted by molar-refractivity contribution is -0.140. The summed E-state index contributed by atoms with van der Waals surface area (Å²) in [4.78, 5) is 27.6. The number of hydrogen-bond donors (Lipinski definition) is 1. The molecule has 0 saturated carbocycles. The number of methoxy groups -OCH3 is 1. The van der Waals surface area contributed by atoms with E-state index in [1.165, 1.54) is 4.90 Å². The van der Waals surface area contributed by atoms with Crippen molar-refractivity contribution in [2.75, 3.05) is 33.5 Å². The molecule has 1 atom stereocenters. The molecule has 1 aliphatic heterocycles. The van der Waals surface area contributed by atoms with Crippen LogP contribution in [0.25, 0.3) is 5.76 Å². The van der Waals surface area contributed by atoms with Crippen LogP contribution in [0.2, 0.25) is 0 Å². The van der Waals surface area contributed by atoms with E-state index < -0.39 is 17.7 Å². The maximum atomic E-state index is 13.1. The highest BCUT2D eigenvalue weighted by Crippen LogP contribution is 2.40. The smallest absolute Gasteiger partial charge is 0.295 e. The van der Waals surface area contributed by atoms with Gasteiger partial charge in [-0.2, -0.15) is 0 Å². The van der Waals surface area contributed by atoms with Crippen LogP contribution in [-0.2, 0) is 14.3 Å². The van der Waals surface area contributed by atoms with Crippen LogP contribution in [0.5, 0.6) is 11.5 Å². The SMILES string of the molecule is CCOc1cccc(C2/C(=C(\O)c3ccc(OCC)c(C)c3)C(=O)C(=O)N2CCCOC)c1. The number of carbonyl (C=O) groups excluding carboxylic acids is 2. The lowest BCUT2D eigenvalue weighted by atomic mass is 9.94. The predicted molar refractivity (Wildman–Crippen MR) is 125 cm³/mol. The molecule has 1 saturated heterocycles. The van der Waals surface area contributed by atoms with E-state index in [4.69, 9.17) is 14.2 Å². The van der Waals surface area contributed by atoms with Crippen molar-refractivity contribution in [3.8, 4) is 11.5 Å². The molecule has 0 aromatic heterocycles. The minimum absolute atomic E-state index is 0.0645. The molecule has 0 aliphatic carbocycles. The van der Waals surface area contributed by atoms with Gasteiger partial charge in [0.2, 0.25) is 0 Å². The van der Waals surface area contributed by atoms with Gasteiger partial charge in [-0.05, 0) is 68.7 Å². The van der Waals surface area contributed by atoms with E-state index in [1.54, 1.807) is 31.4 Å². The third-order valence-electron chi connectivity index (χ3n) is 5.52. The lowest BCUT2D eigenvalue weighted by Crippen LogP contribution is -2.31. The molecule has 1 unspecified atom stereocenters. The Labute approximate surface area is 194 Å². The molecule has 2 aromatic rings. The maximum Gasteiger partial charge on any atom is 0.295 e. The second kappa shape index (κ2) is 11.0. The monoisotopic (exact) mass is 453 g/mol. The van der Waals surface area contributed by atoms with Crippen LogP contribution in [0.3, 0.4) is 0 Å². The second-order valence-electron chi connectivity index (χ2n) is 7.76. The summed E-state index contributed by atoms with van der Waals surface area (Å²) in [6.45, 7) is 7.44. The number of carbonyl (C=O) groups is 2. The standard InChI is InChI=1S/C26H31NO6/c1-5-32-20-10-7-9-18(16-20)23-22(25(29)26(30)27(23)13-8-14-31-4)24(28)19-11-12-21(33-6-2)17(3)15-19/h7,9-12,15-16,23,28H,5-6,8,13-14H2,1-4H3/b24-22+. The summed E-state index contributed by atoms with van der Waals surface area (Å²) >= 11 is 0. The van der Waals surface area contributed by atoms with Crippen molar-refractivity contribution in [1.82, 2.24) is 4.90 Å². The second-order valence-corrected chi connectivity index (χ2v) is 7.76. The van der Waals surface area contributed by atoms with Crippen LogP contribution in [0, 0.1) is 6.92 Å². The molecule has 7 nitrogen and oxygen atoms in total. The van der Waals surface area contributed by atoms with Crippen LogP contribution in [0.4, 0.5) is 0 Å². The Morgan fingerprint density at radius 2 is 1.82 bits per heavy atom. The molecule has 1 heterocycles. The number of hydrogen-bond acceptors (Lipinski definition) is 6. The number of ketones is 1. The van der Waals surface area contributed by atoms with Gasteiger partial charge in [0.05, 0.1) is 24.8 Å². The summed E-state index contributed by atoms with van der Waals surface area (Å²) in [5.74, 6) is -0.213. The van der Waals surface area contributed by atoms with Crippen molar-refractivity contribution >= 4 is 17.4 Å². The highest BCUT2D eigenvalue weighted by molar-refractivity contribution is 6.46. The first-order valence-electron chi connectivity index (χ1n) is 11.2. The number of aliphatic hydroxyl groups excluding tert-OH is 1. The number of rotatable bonds is 10. The van der Waals surface area contributed by atoms with Crippen molar-refractivity contribution < 1.29 is 28.9 Å². The molecule has 0 bridgehead atoms. The van der Waals surface area contributed by atoms with Crippen LogP contribution >= 0.6 is 0 Å². The van der Waals surface area contributed by atoms with Crippen LogP contribution in [0.1, 0.15) is 43.0 Å². The Morgan fingerprint density at radius 3 is 2.48 bits per heavy atom. The van der Waals surface area contributed by atoms with Crippen molar-refractivity contribution in [1.29, 1.82) is 0 Å². The highest BCUT2D eigenvalue weighted by Gasteiger charge is 2.45. The molecular formula is C26H31NO6. The first-order chi connectivity index (χ1) is 15.9. The van der Waals surface area contributed by atoms with Crippen LogP contribution < -0.4 is 9.47 Å². The molecule has 2 aromatic carbocycles. The van der Waals surface area contributed by atoms with E-state index >= 15 is 0 Å². The van der Waals surface area contributed by atoms with E-state index in [9.17, 15) is 14.7 Å². The molecule has 176 valence electrons. The third kappa shape index (κ3) is 5.20. The zero-order valence-electron chi connectivity index (χ0n) is 19.6. The first kappa shape index (κ1) is 24.3. The van der Waals surface area contributed by atoms with E-state index in [0.29, 0.717) is 55.4 Å². The van der Waals surface area contributed by atoms with Gasteiger partial charge >= 0.3 is 0 Å². The summed E-state index contributed by atoms with van der Waals surface area (Å²) in [5, 5.41) is 11.2. The van der Waals surface area contributed by atoms with Gasteiger partial charge in [-0.3, -0.25) is 9.59 Å². The highest BCUT2D eigenvalue weighted by atomic mass is 16.5. The summed E-state index contributed by atoms with van der Waals surface area (Å²) in [6, 6.07) is 11.8.